The number of nitrogens with one attached hydrogen (secondary N) is 1. The molecule has 0 spiro atoms. The van der Waals surface area contributed by atoms with Gasteiger partial charge in [0.05, 0.1) is 0 Å². The molecule has 1 rings (SSSR count). The Bertz CT molecular complexity index is 280. The van der Waals surface area contributed by atoms with Gasteiger partial charge in [-0.3, -0.25) is 4.98 Å². The Hall–Kier alpha value is -1.15. The van der Waals surface area contributed by atoms with Gasteiger partial charge in [0.15, 0.2) is 0 Å². The summed E-state index contributed by atoms with van der Waals surface area (Å²) in [5.74, 6) is 0. The zero-order valence-corrected chi connectivity index (χ0v) is 8.96. The highest BCUT2D eigenvalue weighted by atomic mass is 14.9. The van der Waals surface area contributed by atoms with Crippen molar-refractivity contribution in [3.05, 3.63) is 42.2 Å². The third-order valence-electron chi connectivity index (χ3n) is 2.34. The van der Waals surface area contributed by atoms with Crippen LogP contribution in [0.5, 0.6) is 0 Å². The maximum absolute atomic E-state index is 4.09. The summed E-state index contributed by atoms with van der Waals surface area (Å²) in [6.45, 7) is 9.10. The van der Waals surface area contributed by atoms with Crippen LogP contribution in [0.3, 0.4) is 0 Å². The van der Waals surface area contributed by atoms with Crippen LogP contribution in [0.2, 0.25) is 0 Å². The lowest BCUT2D eigenvalue weighted by atomic mass is 10.1. The summed E-state index contributed by atoms with van der Waals surface area (Å²) in [6.07, 6.45) is 4.72. The van der Waals surface area contributed by atoms with E-state index in [2.05, 4.69) is 36.8 Å². The van der Waals surface area contributed by atoms with Gasteiger partial charge in [-0.2, -0.15) is 0 Å². The van der Waals surface area contributed by atoms with E-state index in [4.69, 9.17) is 0 Å². The van der Waals surface area contributed by atoms with Crippen LogP contribution in [0.25, 0.3) is 0 Å². The van der Waals surface area contributed by atoms with Crippen LogP contribution in [-0.2, 0) is 0 Å². The third-order valence-corrected chi connectivity index (χ3v) is 2.34. The maximum atomic E-state index is 4.09. The fourth-order valence-corrected chi connectivity index (χ4v) is 1.17. The topological polar surface area (TPSA) is 24.9 Å². The first-order chi connectivity index (χ1) is 6.74. The molecule has 0 amide bonds. The lowest BCUT2D eigenvalue weighted by molar-refractivity contribution is 0.600. The van der Waals surface area contributed by atoms with Gasteiger partial charge in [0.1, 0.15) is 0 Å². The van der Waals surface area contributed by atoms with Gasteiger partial charge in [-0.05, 0) is 25.0 Å². The van der Waals surface area contributed by atoms with E-state index in [1.807, 2.05) is 12.3 Å². The molecule has 1 aromatic rings. The van der Waals surface area contributed by atoms with Crippen molar-refractivity contribution in [3.8, 4) is 0 Å². The molecule has 2 nitrogen and oxygen atoms in total. The standard InChI is InChI=1S/C12H18N2/c1-4-10(2)8-14-11(3)12-6-5-7-13-9-12/h5-7,9,11,14H,2,4,8H2,1,3H3/t11-/m0/s1. The zero-order valence-electron chi connectivity index (χ0n) is 8.96. The molecule has 1 heterocycles. The molecular formula is C12H18N2. The second-order valence-electron chi connectivity index (χ2n) is 3.49. The third kappa shape index (κ3) is 3.30. The van der Waals surface area contributed by atoms with Crippen LogP contribution in [0.4, 0.5) is 0 Å². The molecule has 1 aromatic heterocycles. The summed E-state index contributed by atoms with van der Waals surface area (Å²) in [6, 6.07) is 4.38. The fourth-order valence-electron chi connectivity index (χ4n) is 1.17. The molecule has 0 aromatic carbocycles. The van der Waals surface area contributed by atoms with Gasteiger partial charge in [-0.1, -0.05) is 25.1 Å². The molecule has 1 atom stereocenters. The molecule has 0 radical (unpaired) electrons. The predicted octanol–water partition coefficient (Wildman–Crippen LogP) is 2.70. The number of hydrogen-bond acceptors (Lipinski definition) is 2. The smallest absolute Gasteiger partial charge is 0.0315 e. The summed E-state index contributed by atoms with van der Waals surface area (Å²) in [5, 5.41) is 3.41. The first-order valence-corrected chi connectivity index (χ1v) is 5.04. The fraction of sp³-hybridized carbons (Fsp3) is 0.417. The molecule has 0 aliphatic carbocycles. The number of nitrogens with zero attached hydrogens (tertiary/aromatic N) is 1. The lowest BCUT2D eigenvalue weighted by Crippen LogP contribution is -2.20. The highest BCUT2D eigenvalue weighted by Gasteiger charge is 2.03. The minimum atomic E-state index is 0.340. The molecule has 2 heteroatoms. The summed E-state index contributed by atoms with van der Waals surface area (Å²) < 4.78 is 0. The van der Waals surface area contributed by atoms with Crippen molar-refractivity contribution >= 4 is 0 Å². The van der Waals surface area contributed by atoms with E-state index in [0.717, 1.165) is 13.0 Å². The largest absolute Gasteiger partial charge is 0.306 e. The van der Waals surface area contributed by atoms with Crippen molar-refractivity contribution in [1.82, 2.24) is 10.3 Å². The zero-order chi connectivity index (χ0) is 10.4. The van der Waals surface area contributed by atoms with Gasteiger partial charge < -0.3 is 5.32 Å². The molecule has 14 heavy (non-hydrogen) atoms. The first kappa shape index (κ1) is 10.9. The number of rotatable bonds is 5. The van der Waals surface area contributed by atoms with Gasteiger partial charge in [0, 0.05) is 25.0 Å². The second-order valence-corrected chi connectivity index (χ2v) is 3.49. The van der Waals surface area contributed by atoms with E-state index in [9.17, 15) is 0 Å². The van der Waals surface area contributed by atoms with Crippen LogP contribution in [-0.4, -0.2) is 11.5 Å². The molecule has 1 N–H and O–H groups in total. The van der Waals surface area contributed by atoms with E-state index < -0.39 is 0 Å². The summed E-state index contributed by atoms with van der Waals surface area (Å²) >= 11 is 0. The van der Waals surface area contributed by atoms with Crippen molar-refractivity contribution in [1.29, 1.82) is 0 Å². The Morgan fingerprint density at radius 3 is 3.00 bits per heavy atom. The van der Waals surface area contributed by atoms with Gasteiger partial charge in [0.2, 0.25) is 0 Å². The molecule has 0 aliphatic rings. The van der Waals surface area contributed by atoms with Crippen LogP contribution in [0.15, 0.2) is 36.7 Å². The molecule has 0 aliphatic heterocycles. The quantitative estimate of drug-likeness (QED) is 0.722. The van der Waals surface area contributed by atoms with Crippen molar-refractivity contribution in [3.63, 3.8) is 0 Å². The highest BCUT2D eigenvalue weighted by Crippen LogP contribution is 2.10. The van der Waals surface area contributed by atoms with Gasteiger partial charge in [-0.15, -0.1) is 0 Å². The molecule has 0 fully saturated rings. The van der Waals surface area contributed by atoms with Crippen LogP contribution in [0.1, 0.15) is 31.9 Å². The molecule has 0 bridgehead atoms. The van der Waals surface area contributed by atoms with Crippen LogP contribution >= 0.6 is 0 Å². The summed E-state index contributed by atoms with van der Waals surface area (Å²) in [4.78, 5) is 4.09. The average Bonchev–Trinajstić information content (AvgIpc) is 2.26. The molecule has 0 saturated carbocycles. The Morgan fingerprint density at radius 1 is 1.64 bits per heavy atom. The maximum Gasteiger partial charge on any atom is 0.0315 e. The predicted molar refractivity (Wildman–Crippen MR) is 60.1 cm³/mol. The Labute approximate surface area is 86.1 Å². The average molecular weight is 190 g/mol. The lowest BCUT2D eigenvalue weighted by Gasteiger charge is -2.14. The number of pyridine rings is 1. The van der Waals surface area contributed by atoms with E-state index in [0.29, 0.717) is 6.04 Å². The van der Waals surface area contributed by atoms with Crippen LogP contribution < -0.4 is 5.32 Å². The van der Waals surface area contributed by atoms with E-state index >= 15 is 0 Å². The van der Waals surface area contributed by atoms with E-state index in [1.54, 1.807) is 6.20 Å². The molecule has 0 saturated heterocycles. The Balaban J connectivity index is 2.43. The van der Waals surface area contributed by atoms with Crippen molar-refractivity contribution < 1.29 is 0 Å². The SMILES string of the molecule is C=C(CC)CN[C@@H](C)c1cccnc1. The molecule has 0 unspecified atom stereocenters. The van der Waals surface area contributed by atoms with Crippen molar-refractivity contribution in [2.75, 3.05) is 6.54 Å². The summed E-state index contributed by atoms with van der Waals surface area (Å²) in [7, 11) is 0. The van der Waals surface area contributed by atoms with E-state index in [1.165, 1.54) is 11.1 Å². The highest BCUT2D eigenvalue weighted by molar-refractivity contribution is 5.13. The van der Waals surface area contributed by atoms with Crippen molar-refractivity contribution in [2.45, 2.75) is 26.3 Å². The number of aromatic nitrogens is 1. The Morgan fingerprint density at radius 2 is 2.43 bits per heavy atom. The van der Waals surface area contributed by atoms with Gasteiger partial charge in [0.25, 0.3) is 0 Å². The molecular weight excluding hydrogens is 172 g/mol. The first-order valence-electron chi connectivity index (χ1n) is 5.04. The normalized spacial score (nSPS) is 12.4. The van der Waals surface area contributed by atoms with Gasteiger partial charge in [-0.25, -0.2) is 0 Å². The second kappa shape index (κ2) is 5.55. The molecule has 76 valence electrons. The van der Waals surface area contributed by atoms with Gasteiger partial charge >= 0.3 is 0 Å². The minimum absolute atomic E-state index is 0.340. The van der Waals surface area contributed by atoms with Crippen LogP contribution in [0, 0.1) is 0 Å². The Kier molecular flexibility index (Phi) is 4.33. The minimum Gasteiger partial charge on any atom is -0.306 e. The number of hydrogen-bond donors (Lipinski definition) is 1. The van der Waals surface area contributed by atoms with Crippen molar-refractivity contribution in [2.24, 2.45) is 0 Å². The summed E-state index contributed by atoms with van der Waals surface area (Å²) in [5.41, 5.74) is 2.46. The monoisotopic (exact) mass is 190 g/mol. The van der Waals surface area contributed by atoms with E-state index in [-0.39, 0.29) is 0 Å².